The molecule has 0 aliphatic carbocycles. The van der Waals surface area contributed by atoms with Crippen LogP contribution in [0.15, 0.2) is 30.3 Å². The highest BCUT2D eigenvalue weighted by Gasteiger charge is 2.73. The van der Waals surface area contributed by atoms with Crippen LogP contribution in [-0.2, 0) is 38.5 Å². The van der Waals surface area contributed by atoms with Crippen LogP contribution in [0.25, 0.3) is 0 Å². The van der Waals surface area contributed by atoms with Gasteiger partial charge in [0.25, 0.3) is 6.04 Å². The molecule has 2 aliphatic heterocycles. The molecule has 2 heterocycles. The van der Waals surface area contributed by atoms with Gasteiger partial charge in [0.15, 0.2) is 6.10 Å². The fraction of sp³-hybridized carbons (Fsp3) is 0.769. The van der Waals surface area contributed by atoms with E-state index in [-0.39, 0.29) is 26.4 Å². The van der Waals surface area contributed by atoms with Gasteiger partial charge in [-0.05, 0) is 19.4 Å². The summed E-state index contributed by atoms with van der Waals surface area (Å²) in [6.45, 7) is 13.6. The minimum Gasteiger partial charge on any atom is -0.391 e. The summed E-state index contributed by atoms with van der Waals surface area (Å²) >= 11 is 0. The van der Waals surface area contributed by atoms with Crippen molar-refractivity contribution in [2.24, 2.45) is 0 Å². The number of hydrogen-bond donors (Lipinski definition) is 0. The van der Waals surface area contributed by atoms with Gasteiger partial charge in [0.05, 0.1) is 26.4 Å². The first-order valence-corrected chi connectivity index (χ1v) is 16.8. The molecule has 14 heteroatoms. The van der Waals surface area contributed by atoms with Gasteiger partial charge < -0.3 is 27.4 Å². The van der Waals surface area contributed by atoms with E-state index in [0.29, 0.717) is 5.56 Å². The molecule has 228 valence electrons. The molecule has 3 rings (SSSR count). The van der Waals surface area contributed by atoms with E-state index in [2.05, 4.69) is 0 Å². The van der Waals surface area contributed by atoms with Crippen LogP contribution < -0.4 is 0 Å². The third-order valence-electron chi connectivity index (χ3n) is 7.22. The molecule has 0 N–H and O–H groups in total. The molecule has 2 aliphatic rings. The van der Waals surface area contributed by atoms with E-state index < -0.39 is 67.3 Å². The minimum atomic E-state index is -5.19. The van der Waals surface area contributed by atoms with Gasteiger partial charge in [-0.1, -0.05) is 71.9 Å². The van der Waals surface area contributed by atoms with Crippen molar-refractivity contribution >= 4 is 16.2 Å². The first kappa shape index (κ1) is 33.2. The lowest BCUT2D eigenvalue weighted by molar-refractivity contribution is -0.566. The summed E-state index contributed by atoms with van der Waals surface area (Å²) in [6.07, 6.45) is -6.24. The van der Waals surface area contributed by atoms with Crippen molar-refractivity contribution in [3.05, 3.63) is 46.0 Å². The Hall–Kier alpha value is -1.31. The maximum Gasteiger partial charge on any atom is 0.402 e. The molecule has 10 nitrogen and oxygen atoms in total. The summed E-state index contributed by atoms with van der Waals surface area (Å²) in [5, 5.41) is 11.6. The number of nitrogens with zero attached hydrogens (tertiary/aromatic N) is 1. The van der Waals surface area contributed by atoms with Crippen molar-refractivity contribution in [2.75, 3.05) is 19.8 Å². The second-order valence-corrected chi connectivity index (χ2v) is 18.9. The van der Waals surface area contributed by atoms with Crippen LogP contribution in [0.4, 0.5) is 8.78 Å². The summed E-state index contributed by atoms with van der Waals surface area (Å²) in [7, 11) is -8.40. The first-order chi connectivity index (χ1) is 18.5. The van der Waals surface area contributed by atoms with Gasteiger partial charge in [0.2, 0.25) is 6.10 Å². The fourth-order valence-corrected chi connectivity index (χ4v) is 12.3. The highest BCUT2D eigenvalue weighted by atomic mass is 31.2. The van der Waals surface area contributed by atoms with E-state index in [9.17, 15) is 14.7 Å². The molecule has 0 radical (unpaired) electrons. The van der Waals surface area contributed by atoms with Crippen molar-refractivity contribution in [2.45, 2.75) is 108 Å². The van der Waals surface area contributed by atoms with Crippen LogP contribution in [0.3, 0.4) is 0 Å². The number of fused-ring (bicyclic) bond motifs is 1. The maximum atomic E-state index is 16.1. The normalized spacial score (nSPS) is 27.7. The van der Waals surface area contributed by atoms with Gasteiger partial charge in [0.1, 0.15) is 12.2 Å². The lowest BCUT2D eigenvalue weighted by Crippen LogP contribution is -2.73. The van der Waals surface area contributed by atoms with E-state index >= 15 is 8.78 Å². The molecule has 0 saturated carbocycles. The Labute approximate surface area is 235 Å². The van der Waals surface area contributed by atoms with Crippen molar-refractivity contribution < 1.29 is 45.6 Å². The third kappa shape index (κ3) is 6.08. The minimum absolute atomic E-state index is 0.101. The summed E-state index contributed by atoms with van der Waals surface area (Å²) in [6, 6.07) is 6.72. The van der Waals surface area contributed by atoms with Crippen molar-refractivity contribution in [1.29, 1.82) is 0 Å². The van der Waals surface area contributed by atoms with Crippen LogP contribution >= 0.6 is 7.60 Å². The molecule has 0 amide bonds. The molecule has 0 aromatic heterocycles. The number of benzene rings is 1. The van der Waals surface area contributed by atoms with Crippen molar-refractivity contribution in [3.8, 4) is 0 Å². The first-order valence-electron chi connectivity index (χ1n) is 13.5. The number of rotatable bonds is 10. The monoisotopic (exact) mass is 609 g/mol. The zero-order chi connectivity index (χ0) is 30.1. The number of halogens is 2. The molecule has 40 heavy (non-hydrogen) atoms. The fourth-order valence-electron chi connectivity index (χ4n) is 5.72. The highest BCUT2D eigenvalue weighted by molar-refractivity contribution is 7.55. The van der Waals surface area contributed by atoms with Gasteiger partial charge in [-0.15, -0.1) is 0 Å². The SMILES string of the molecule is CCOP(=O)(OCC)C(F)(F)[C@H]1O[C@@H]2CO[Si](C(C)(C)C)(C(C)(C)C)O[C@H]2[C@H](OCc2ccccc2)[C@H]1[N+](=O)[O-]. The Balaban J connectivity index is 2.13. The smallest absolute Gasteiger partial charge is 0.391 e. The number of alkyl halides is 2. The quantitative estimate of drug-likeness (QED) is 0.130. The Morgan fingerprint density at radius 2 is 1.60 bits per heavy atom. The molecule has 0 bridgehead atoms. The van der Waals surface area contributed by atoms with E-state index in [1.807, 2.05) is 41.5 Å². The predicted molar refractivity (Wildman–Crippen MR) is 146 cm³/mol. The van der Waals surface area contributed by atoms with Gasteiger partial charge in [-0.3, -0.25) is 14.7 Å². The predicted octanol–water partition coefficient (Wildman–Crippen LogP) is 6.30. The van der Waals surface area contributed by atoms with Crippen LogP contribution in [0.5, 0.6) is 0 Å². The zero-order valence-corrected chi connectivity index (χ0v) is 26.3. The number of ether oxygens (including phenoxy) is 2. The number of nitro groups is 1. The second kappa shape index (κ2) is 12.1. The van der Waals surface area contributed by atoms with Gasteiger partial charge in [-0.2, -0.15) is 8.78 Å². The van der Waals surface area contributed by atoms with Crippen LogP contribution in [0.2, 0.25) is 10.1 Å². The van der Waals surface area contributed by atoms with E-state index in [0.717, 1.165) is 0 Å². The molecule has 0 spiro atoms. The van der Waals surface area contributed by atoms with Crippen molar-refractivity contribution in [3.63, 3.8) is 0 Å². The Bertz CT molecular complexity index is 1040. The lowest BCUT2D eigenvalue weighted by Gasteiger charge is -2.57. The Morgan fingerprint density at radius 3 is 2.08 bits per heavy atom. The van der Waals surface area contributed by atoms with Crippen molar-refractivity contribution in [1.82, 2.24) is 0 Å². The molecular weight excluding hydrogens is 567 g/mol. The highest BCUT2D eigenvalue weighted by Crippen LogP contribution is 2.65. The molecular formula is C26H42F2NO9PSi. The van der Waals surface area contributed by atoms with Crippen LogP contribution in [-0.4, -0.2) is 69.4 Å². The topological polar surface area (TPSA) is 116 Å². The lowest BCUT2D eigenvalue weighted by atomic mass is 9.92. The average molecular weight is 610 g/mol. The summed E-state index contributed by atoms with van der Waals surface area (Å²) in [4.78, 5) is 11.7. The van der Waals surface area contributed by atoms with Gasteiger partial charge >= 0.3 is 21.8 Å². The molecule has 5 atom stereocenters. The summed E-state index contributed by atoms with van der Waals surface area (Å²) < 4.78 is 80.3. The van der Waals surface area contributed by atoms with Crippen LogP contribution in [0.1, 0.15) is 61.0 Å². The molecule has 1 aromatic carbocycles. The molecule has 0 unspecified atom stereocenters. The average Bonchev–Trinajstić information content (AvgIpc) is 2.85. The van der Waals surface area contributed by atoms with Gasteiger partial charge in [0, 0.05) is 15.0 Å². The summed E-state index contributed by atoms with van der Waals surface area (Å²) in [5.41, 5.74) is -3.69. The Kier molecular flexibility index (Phi) is 10.1. The van der Waals surface area contributed by atoms with Crippen LogP contribution in [0, 0.1) is 10.1 Å². The standard InChI is InChI=1S/C26H42F2NO9PSi/c1-9-34-39(32,35-10-2)26(27,28)23-20(29(30)31)22(33-16-18-14-12-11-13-15-18)21-19(37-23)17-36-40(38-21,24(3,4)5)25(6,7)8/h11-15,19-23H,9-10,16-17H2,1-8H3/t19-,20-,21-,22-,23+/m1/s1. The largest absolute Gasteiger partial charge is 0.402 e. The molecule has 2 saturated heterocycles. The maximum absolute atomic E-state index is 16.1. The third-order valence-corrected chi connectivity index (χ3v) is 14.5. The van der Waals surface area contributed by atoms with E-state index in [1.165, 1.54) is 13.8 Å². The van der Waals surface area contributed by atoms with E-state index in [1.54, 1.807) is 30.3 Å². The second-order valence-electron chi connectivity index (χ2n) is 12.1. The zero-order valence-electron chi connectivity index (χ0n) is 24.4. The van der Waals surface area contributed by atoms with E-state index in [4.69, 9.17) is 27.4 Å². The molecule has 2 fully saturated rings. The number of hydrogen-bond acceptors (Lipinski definition) is 9. The van der Waals surface area contributed by atoms with Gasteiger partial charge in [-0.25, -0.2) is 0 Å². The Morgan fingerprint density at radius 1 is 1.05 bits per heavy atom. The molecule has 1 aromatic rings. The summed E-state index contributed by atoms with van der Waals surface area (Å²) in [5.74, 6) is 0.